The number of para-hydroxylation sites is 2. The molecule has 5 heteroatoms. The molecule has 0 saturated carbocycles. The molecule has 2 rings (SSSR count). The molecule has 0 atom stereocenters. The number of aromatic nitrogens is 2. The van der Waals surface area contributed by atoms with Crippen LogP contribution in [0, 0.1) is 0 Å². The summed E-state index contributed by atoms with van der Waals surface area (Å²) in [4.78, 5) is 15.6. The van der Waals surface area contributed by atoms with Gasteiger partial charge in [-0.3, -0.25) is 10.1 Å². The summed E-state index contributed by atoms with van der Waals surface area (Å²) in [7, 11) is 0. The maximum absolute atomic E-state index is 11.2. The number of nitrogens with two attached hydrogens (primary N) is 1. The molecule has 1 heterocycles. The number of carbonyl (C=O) groups is 1. The minimum absolute atomic E-state index is 0.0348. The predicted octanol–water partition coefficient (Wildman–Crippen LogP) is 0.953. The standard InChI is InChI=1S/C11H14N4O/c1-2-15-9-6-4-3-5-8(9)13-11(15)14-10(16)7-12/h3-6H,2,7,12H2,1H3,(H,13,14,16). The van der Waals surface area contributed by atoms with Gasteiger partial charge in [0, 0.05) is 6.54 Å². The summed E-state index contributed by atoms with van der Waals surface area (Å²) in [6, 6.07) is 7.76. The van der Waals surface area contributed by atoms with Gasteiger partial charge < -0.3 is 10.3 Å². The van der Waals surface area contributed by atoms with E-state index < -0.39 is 0 Å². The molecule has 3 N–H and O–H groups in total. The first-order chi connectivity index (χ1) is 7.76. The van der Waals surface area contributed by atoms with Gasteiger partial charge in [-0.15, -0.1) is 0 Å². The quantitative estimate of drug-likeness (QED) is 0.805. The van der Waals surface area contributed by atoms with Gasteiger partial charge in [0.2, 0.25) is 11.9 Å². The zero-order valence-corrected chi connectivity index (χ0v) is 9.10. The van der Waals surface area contributed by atoms with Crippen molar-refractivity contribution in [3.63, 3.8) is 0 Å². The number of nitrogens with one attached hydrogen (secondary N) is 1. The minimum atomic E-state index is -0.231. The fourth-order valence-corrected chi connectivity index (χ4v) is 1.67. The van der Waals surface area contributed by atoms with Crippen LogP contribution in [0.25, 0.3) is 11.0 Å². The molecular formula is C11H14N4O. The number of fused-ring (bicyclic) bond motifs is 1. The van der Waals surface area contributed by atoms with Crippen molar-refractivity contribution < 1.29 is 4.79 Å². The van der Waals surface area contributed by atoms with Gasteiger partial charge in [-0.05, 0) is 19.1 Å². The molecule has 16 heavy (non-hydrogen) atoms. The minimum Gasteiger partial charge on any atom is -0.322 e. The molecule has 0 unspecified atom stereocenters. The molecule has 0 radical (unpaired) electrons. The van der Waals surface area contributed by atoms with Gasteiger partial charge in [0.25, 0.3) is 0 Å². The maximum atomic E-state index is 11.2. The lowest BCUT2D eigenvalue weighted by atomic mass is 10.3. The number of rotatable bonds is 3. The van der Waals surface area contributed by atoms with Crippen LogP contribution in [-0.4, -0.2) is 22.0 Å². The highest BCUT2D eigenvalue weighted by Crippen LogP contribution is 2.18. The molecule has 0 fully saturated rings. The molecule has 0 aliphatic rings. The van der Waals surface area contributed by atoms with Gasteiger partial charge >= 0.3 is 0 Å². The lowest BCUT2D eigenvalue weighted by Crippen LogP contribution is -2.23. The lowest BCUT2D eigenvalue weighted by Gasteiger charge is -2.05. The third kappa shape index (κ3) is 1.77. The van der Waals surface area contributed by atoms with Crippen molar-refractivity contribution >= 4 is 22.9 Å². The second-order valence-corrected chi connectivity index (χ2v) is 3.42. The third-order valence-corrected chi connectivity index (χ3v) is 2.41. The van der Waals surface area contributed by atoms with Crippen molar-refractivity contribution in [2.75, 3.05) is 11.9 Å². The van der Waals surface area contributed by atoms with Gasteiger partial charge in [-0.1, -0.05) is 12.1 Å². The molecule has 5 nitrogen and oxygen atoms in total. The van der Waals surface area contributed by atoms with E-state index in [9.17, 15) is 4.79 Å². The van der Waals surface area contributed by atoms with Crippen LogP contribution in [-0.2, 0) is 11.3 Å². The molecule has 0 aliphatic carbocycles. The Bertz CT molecular complexity index is 518. The highest BCUT2D eigenvalue weighted by molar-refractivity contribution is 5.92. The number of amides is 1. The van der Waals surface area contributed by atoms with Gasteiger partial charge in [0.05, 0.1) is 17.6 Å². The SMILES string of the molecule is CCn1c(NC(=O)CN)nc2ccccc21. The van der Waals surface area contributed by atoms with Crippen LogP contribution in [0.5, 0.6) is 0 Å². The Morgan fingerprint density at radius 3 is 2.94 bits per heavy atom. The number of carbonyl (C=O) groups excluding carboxylic acids is 1. The van der Waals surface area contributed by atoms with E-state index in [-0.39, 0.29) is 12.5 Å². The molecule has 84 valence electrons. The van der Waals surface area contributed by atoms with Crippen LogP contribution < -0.4 is 11.1 Å². The normalized spacial score (nSPS) is 10.6. The Labute approximate surface area is 93.3 Å². The first-order valence-corrected chi connectivity index (χ1v) is 5.21. The summed E-state index contributed by atoms with van der Waals surface area (Å²) in [5, 5.41) is 2.69. The van der Waals surface area contributed by atoms with Crippen molar-refractivity contribution in [1.82, 2.24) is 9.55 Å². The molecule has 0 bridgehead atoms. The fourth-order valence-electron chi connectivity index (χ4n) is 1.67. The number of nitrogens with zero attached hydrogens (tertiary/aromatic N) is 2. The summed E-state index contributed by atoms with van der Waals surface area (Å²) in [6.45, 7) is 2.72. The molecule has 0 aliphatic heterocycles. The molecule has 1 aromatic heterocycles. The first kappa shape index (κ1) is 10.6. The monoisotopic (exact) mass is 218 g/mol. The summed E-state index contributed by atoms with van der Waals surface area (Å²) < 4.78 is 1.95. The topological polar surface area (TPSA) is 72.9 Å². The average Bonchev–Trinajstić information content (AvgIpc) is 2.65. The Kier molecular flexibility index (Phi) is 2.87. The van der Waals surface area contributed by atoms with E-state index in [2.05, 4.69) is 10.3 Å². The van der Waals surface area contributed by atoms with Crippen molar-refractivity contribution in [1.29, 1.82) is 0 Å². The van der Waals surface area contributed by atoms with E-state index in [1.165, 1.54) is 0 Å². The molecular weight excluding hydrogens is 204 g/mol. The second kappa shape index (κ2) is 4.32. The van der Waals surface area contributed by atoms with Crippen LogP contribution in [0.4, 0.5) is 5.95 Å². The number of hydrogen-bond donors (Lipinski definition) is 2. The Hall–Kier alpha value is -1.88. The lowest BCUT2D eigenvalue weighted by molar-refractivity contribution is -0.115. The van der Waals surface area contributed by atoms with Gasteiger partial charge in [-0.25, -0.2) is 4.98 Å². The summed E-state index contributed by atoms with van der Waals surface area (Å²) in [6.07, 6.45) is 0. The van der Waals surface area contributed by atoms with Crippen LogP contribution in [0.15, 0.2) is 24.3 Å². The average molecular weight is 218 g/mol. The van der Waals surface area contributed by atoms with Crippen LogP contribution in [0.1, 0.15) is 6.92 Å². The van der Waals surface area contributed by atoms with E-state index in [4.69, 9.17) is 5.73 Å². The van der Waals surface area contributed by atoms with E-state index in [1.807, 2.05) is 35.8 Å². The van der Waals surface area contributed by atoms with Crippen LogP contribution >= 0.6 is 0 Å². The zero-order chi connectivity index (χ0) is 11.5. The summed E-state index contributed by atoms with van der Waals surface area (Å²) in [5.41, 5.74) is 7.14. The number of anilines is 1. The smallest absolute Gasteiger partial charge is 0.240 e. The number of aryl methyl sites for hydroxylation is 1. The fraction of sp³-hybridized carbons (Fsp3) is 0.273. The van der Waals surface area contributed by atoms with Gasteiger partial charge in [0.15, 0.2) is 0 Å². The summed E-state index contributed by atoms with van der Waals surface area (Å²) >= 11 is 0. The Balaban J connectivity index is 2.48. The van der Waals surface area contributed by atoms with Crippen molar-refractivity contribution in [2.45, 2.75) is 13.5 Å². The van der Waals surface area contributed by atoms with Crippen molar-refractivity contribution in [3.8, 4) is 0 Å². The van der Waals surface area contributed by atoms with Crippen LogP contribution in [0.2, 0.25) is 0 Å². The van der Waals surface area contributed by atoms with Crippen molar-refractivity contribution in [3.05, 3.63) is 24.3 Å². The third-order valence-electron chi connectivity index (χ3n) is 2.41. The van der Waals surface area contributed by atoms with Gasteiger partial charge in [0.1, 0.15) is 0 Å². The molecule has 2 aromatic rings. The van der Waals surface area contributed by atoms with E-state index in [0.29, 0.717) is 5.95 Å². The summed E-state index contributed by atoms with van der Waals surface area (Å²) in [5.74, 6) is 0.323. The molecule has 0 saturated heterocycles. The largest absolute Gasteiger partial charge is 0.322 e. The Morgan fingerprint density at radius 1 is 1.50 bits per heavy atom. The van der Waals surface area contributed by atoms with Gasteiger partial charge in [-0.2, -0.15) is 0 Å². The molecule has 1 aromatic carbocycles. The van der Waals surface area contributed by atoms with Crippen LogP contribution in [0.3, 0.4) is 0 Å². The molecule has 1 amide bonds. The van der Waals surface area contributed by atoms with E-state index >= 15 is 0 Å². The Morgan fingerprint density at radius 2 is 2.25 bits per heavy atom. The second-order valence-electron chi connectivity index (χ2n) is 3.42. The number of hydrogen-bond acceptors (Lipinski definition) is 3. The maximum Gasteiger partial charge on any atom is 0.240 e. The highest BCUT2D eigenvalue weighted by atomic mass is 16.2. The zero-order valence-electron chi connectivity index (χ0n) is 9.10. The first-order valence-electron chi connectivity index (χ1n) is 5.21. The number of benzene rings is 1. The molecule has 0 spiro atoms. The van der Waals surface area contributed by atoms with E-state index in [0.717, 1.165) is 17.6 Å². The van der Waals surface area contributed by atoms with E-state index in [1.54, 1.807) is 0 Å². The number of imidazole rings is 1. The highest BCUT2D eigenvalue weighted by Gasteiger charge is 2.10. The van der Waals surface area contributed by atoms with Crippen molar-refractivity contribution in [2.24, 2.45) is 5.73 Å². The predicted molar refractivity (Wildman–Crippen MR) is 63.1 cm³/mol.